The number of aryl methyl sites for hydroxylation is 1. The molecule has 2 nitrogen and oxygen atoms in total. The highest BCUT2D eigenvalue weighted by atomic mass is 79.9. The number of hydrogen-bond acceptors (Lipinski definition) is 2. The lowest BCUT2D eigenvalue weighted by molar-refractivity contribution is 0.628. The molecule has 0 fully saturated rings. The van der Waals surface area contributed by atoms with Gasteiger partial charge >= 0.3 is 0 Å². The van der Waals surface area contributed by atoms with E-state index in [2.05, 4.69) is 21.2 Å². The second-order valence-corrected chi connectivity index (χ2v) is 4.69. The van der Waals surface area contributed by atoms with Crippen LogP contribution in [0.5, 0.6) is 0 Å². The van der Waals surface area contributed by atoms with Crippen molar-refractivity contribution in [1.82, 2.24) is 0 Å². The van der Waals surface area contributed by atoms with Crippen LogP contribution in [0.3, 0.4) is 0 Å². The van der Waals surface area contributed by atoms with E-state index in [1.54, 1.807) is 6.07 Å². The van der Waals surface area contributed by atoms with E-state index in [4.69, 9.17) is 5.73 Å². The van der Waals surface area contributed by atoms with Crippen molar-refractivity contribution < 1.29 is 4.39 Å². The number of nitrogens with one attached hydrogen (secondary N) is 1. The molecule has 0 spiro atoms. The third kappa shape index (κ3) is 2.77. The summed E-state index contributed by atoms with van der Waals surface area (Å²) in [5.41, 5.74) is 8.84. The van der Waals surface area contributed by atoms with Crippen LogP contribution >= 0.6 is 15.9 Å². The van der Waals surface area contributed by atoms with Crippen molar-refractivity contribution in [1.29, 1.82) is 0 Å². The standard InChI is InChI=1S/C13H12BrFN2/c1-8-2-4-10(14)12(6-8)17-13-7-9(15)3-5-11(13)16/h2-7,17H,16H2,1H3. The Bertz CT molecular complexity index is 506. The highest BCUT2D eigenvalue weighted by Crippen LogP contribution is 2.29. The molecule has 0 saturated heterocycles. The molecule has 88 valence electrons. The molecule has 0 saturated carbocycles. The molecular formula is C13H12BrFN2. The summed E-state index contributed by atoms with van der Waals surface area (Å²) in [4.78, 5) is 0. The van der Waals surface area contributed by atoms with E-state index in [9.17, 15) is 4.39 Å². The first-order valence-corrected chi connectivity index (χ1v) is 5.94. The van der Waals surface area contributed by atoms with Crippen LogP contribution in [-0.4, -0.2) is 0 Å². The van der Waals surface area contributed by atoms with Crippen LogP contribution in [0.4, 0.5) is 21.5 Å². The molecule has 0 radical (unpaired) electrons. The van der Waals surface area contributed by atoms with Gasteiger partial charge in [-0.3, -0.25) is 0 Å². The molecule has 0 aliphatic heterocycles. The summed E-state index contributed by atoms with van der Waals surface area (Å²) >= 11 is 3.43. The molecule has 0 aromatic heterocycles. The van der Waals surface area contributed by atoms with E-state index in [0.29, 0.717) is 11.4 Å². The molecule has 0 aliphatic carbocycles. The molecule has 2 rings (SSSR count). The smallest absolute Gasteiger partial charge is 0.125 e. The van der Waals surface area contributed by atoms with Gasteiger partial charge in [0.2, 0.25) is 0 Å². The SMILES string of the molecule is Cc1ccc(Br)c(Nc2cc(F)ccc2N)c1. The third-order valence-electron chi connectivity index (χ3n) is 2.41. The normalized spacial score (nSPS) is 10.3. The van der Waals surface area contributed by atoms with Crippen molar-refractivity contribution in [3.63, 3.8) is 0 Å². The molecule has 0 atom stereocenters. The minimum absolute atomic E-state index is 0.314. The lowest BCUT2D eigenvalue weighted by Crippen LogP contribution is -1.98. The quantitative estimate of drug-likeness (QED) is 0.814. The van der Waals surface area contributed by atoms with Gasteiger partial charge < -0.3 is 11.1 Å². The van der Waals surface area contributed by atoms with E-state index < -0.39 is 0 Å². The molecule has 2 aromatic carbocycles. The molecule has 4 heteroatoms. The largest absolute Gasteiger partial charge is 0.397 e. The highest BCUT2D eigenvalue weighted by molar-refractivity contribution is 9.10. The molecule has 0 bridgehead atoms. The number of rotatable bonds is 2. The Labute approximate surface area is 108 Å². The molecule has 0 unspecified atom stereocenters. The van der Waals surface area contributed by atoms with Gasteiger partial charge in [0.05, 0.1) is 17.1 Å². The minimum atomic E-state index is -0.314. The molecule has 0 heterocycles. The van der Waals surface area contributed by atoms with Gasteiger partial charge in [0, 0.05) is 4.47 Å². The fourth-order valence-electron chi connectivity index (χ4n) is 1.52. The summed E-state index contributed by atoms with van der Waals surface area (Å²) in [6.45, 7) is 1.99. The topological polar surface area (TPSA) is 38.0 Å². The number of halogens is 2. The van der Waals surface area contributed by atoms with Crippen molar-refractivity contribution in [3.05, 3.63) is 52.3 Å². The number of nitrogens with two attached hydrogens (primary N) is 1. The van der Waals surface area contributed by atoms with Gasteiger partial charge in [-0.2, -0.15) is 0 Å². The fourth-order valence-corrected chi connectivity index (χ4v) is 1.86. The average molecular weight is 295 g/mol. The van der Waals surface area contributed by atoms with Gasteiger partial charge in [-0.25, -0.2) is 4.39 Å². The molecule has 0 amide bonds. The molecule has 0 aliphatic rings. The average Bonchev–Trinajstić information content (AvgIpc) is 2.28. The van der Waals surface area contributed by atoms with E-state index in [0.717, 1.165) is 15.7 Å². The van der Waals surface area contributed by atoms with Crippen molar-refractivity contribution in [2.45, 2.75) is 6.92 Å². The lowest BCUT2D eigenvalue weighted by Gasteiger charge is -2.11. The first-order chi connectivity index (χ1) is 8.06. The summed E-state index contributed by atoms with van der Waals surface area (Å²) in [5.74, 6) is -0.314. The van der Waals surface area contributed by atoms with Gasteiger partial charge in [-0.15, -0.1) is 0 Å². The van der Waals surface area contributed by atoms with Gasteiger partial charge in [0.1, 0.15) is 5.82 Å². The van der Waals surface area contributed by atoms with Crippen LogP contribution in [0.2, 0.25) is 0 Å². The number of anilines is 3. The summed E-state index contributed by atoms with van der Waals surface area (Å²) in [6, 6.07) is 10.2. The maximum absolute atomic E-state index is 13.1. The molecular weight excluding hydrogens is 283 g/mol. The van der Waals surface area contributed by atoms with E-state index >= 15 is 0 Å². The Hall–Kier alpha value is -1.55. The third-order valence-corrected chi connectivity index (χ3v) is 3.10. The first kappa shape index (κ1) is 11.9. The number of nitrogen functional groups attached to an aromatic ring is 1. The summed E-state index contributed by atoms with van der Waals surface area (Å²) < 4.78 is 14.0. The summed E-state index contributed by atoms with van der Waals surface area (Å²) in [6.07, 6.45) is 0. The zero-order valence-corrected chi connectivity index (χ0v) is 10.9. The monoisotopic (exact) mass is 294 g/mol. The minimum Gasteiger partial charge on any atom is -0.397 e. The fraction of sp³-hybridized carbons (Fsp3) is 0.0769. The predicted molar refractivity (Wildman–Crippen MR) is 73.0 cm³/mol. The maximum Gasteiger partial charge on any atom is 0.125 e. The zero-order valence-electron chi connectivity index (χ0n) is 9.30. The van der Waals surface area contributed by atoms with Crippen LogP contribution in [0, 0.1) is 12.7 Å². The van der Waals surface area contributed by atoms with Gasteiger partial charge in [0.25, 0.3) is 0 Å². The van der Waals surface area contributed by atoms with Crippen LogP contribution in [-0.2, 0) is 0 Å². The maximum atomic E-state index is 13.1. The van der Waals surface area contributed by atoms with Crippen LogP contribution < -0.4 is 11.1 Å². The first-order valence-electron chi connectivity index (χ1n) is 5.14. The van der Waals surface area contributed by atoms with Crippen LogP contribution in [0.25, 0.3) is 0 Å². The summed E-state index contributed by atoms with van der Waals surface area (Å²) in [5, 5.41) is 3.11. The zero-order chi connectivity index (χ0) is 12.4. The Balaban J connectivity index is 2.37. The molecule has 3 N–H and O–H groups in total. The lowest BCUT2D eigenvalue weighted by atomic mass is 10.2. The van der Waals surface area contributed by atoms with Crippen molar-refractivity contribution in [2.75, 3.05) is 11.1 Å². The molecule has 2 aromatic rings. The Kier molecular flexibility index (Phi) is 3.33. The molecule has 17 heavy (non-hydrogen) atoms. The van der Waals surface area contributed by atoms with Gasteiger partial charge in [-0.1, -0.05) is 6.07 Å². The summed E-state index contributed by atoms with van der Waals surface area (Å²) in [7, 11) is 0. The van der Waals surface area contributed by atoms with Crippen molar-refractivity contribution in [2.24, 2.45) is 0 Å². The predicted octanol–water partition coefficient (Wildman–Crippen LogP) is 4.22. The Morgan fingerprint density at radius 2 is 1.88 bits per heavy atom. The van der Waals surface area contributed by atoms with E-state index in [1.165, 1.54) is 12.1 Å². The van der Waals surface area contributed by atoms with Crippen molar-refractivity contribution in [3.8, 4) is 0 Å². The number of hydrogen-bond donors (Lipinski definition) is 2. The van der Waals surface area contributed by atoms with Crippen LogP contribution in [0.15, 0.2) is 40.9 Å². The van der Waals surface area contributed by atoms with Gasteiger partial charge in [-0.05, 0) is 58.7 Å². The van der Waals surface area contributed by atoms with Crippen molar-refractivity contribution >= 4 is 33.0 Å². The highest BCUT2D eigenvalue weighted by Gasteiger charge is 2.04. The second kappa shape index (κ2) is 4.75. The Morgan fingerprint density at radius 3 is 2.65 bits per heavy atom. The van der Waals surface area contributed by atoms with Gasteiger partial charge in [0.15, 0.2) is 0 Å². The van der Waals surface area contributed by atoms with Crippen LogP contribution in [0.1, 0.15) is 5.56 Å². The number of benzene rings is 2. The van der Waals surface area contributed by atoms with E-state index in [1.807, 2.05) is 25.1 Å². The Morgan fingerprint density at radius 1 is 1.12 bits per heavy atom. The second-order valence-electron chi connectivity index (χ2n) is 3.84. The van der Waals surface area contributed by atoms with E-state index in [-0.39, 0.29) is 5.82 Å².